The van der Waals surface area contributed by atoms with E-state index in [1.54, 1.807) is 0 Å². The van der Waals surface area contributed by atoms with Gasteiger partial charge >= 0.3 is 0 Å². The summed E-state index contributed by atoms with van der Waals surface area (Å²) in [6.45, 7) is 9.44. The molecule has 0 fully saturated rings. The second-order valence-electron chi connectivity index (χ2n) is 21.7. The van der Waals surface area contributed by atoms with Crippen LogP contribution < -0.4 is 0 Å². The van der Waals surface area contributed by atoms with E-state index in [9.17, 15) is 0 Å². The monoisotopic (exact) mass is 829 g/mol. The SMILES string of the molecule is CCCCCCCCCCCCCCCCCCCCCCCCCCCCCCCCCCCCCCCCCCCCCCCCCCCCCCCC(C)(C)C. The lowest BCUT2D eigenvalue weighted by Gasteiger charge is -2.17. The molecule has 0 saturated heterocycles. The molecule has 0 amide bonds. The molecular formula is C59H120. The predicted molar refractivity (Wildman–Crippen MR) is 274 cm³/mol. The summed E-state index contributed by atoms with van der Waals surface area (Å²) in [5.41, 5.74) is 0.531. The van der Waals surface area contributed by atoms with Crippen LogP contribution in [-0.4, -0.2) is 0 Å². The fourth-order valence-electron chi connectivity index (χ4n) is 9.74. The number of hydrogen-bond donors (Lipinski definition) is 0. The molecule has 59 heavy (non-hydrogen) atoms. The minimum absolute atomic E-state index is 0.531. The van der Waals surface area contributed by atoms with Gasteiger partial charge in [0, 0.05) is 0 Å². The first-order valence-corrected chi connectivity index (χ1v) is 29.1. The zero-order valence-electron chi connectivity index (χ0n) is 42.7. The maximum absolute atomic E-state index is 2.38. The lowest BCUT2D eigenvalue weighted by Crippen LogP contribution is -2.03. The van der Waals surface area contributed by atoms with Gasteiger partial charge in [-0.3, -0.25) is 0 Å². The molecule has 0 atom stereocenters. The molecule has 0 aromatic rings. The first kappa shape index (κ1) is 59.0. The van der Waals surface area contributed by atoms with Crippen LogP contribution in [0.1, 0.15) is 374 Å². The van der Waals surface area contributed by atoms with Gasteiger partial charge in [-0.25, -0.2) is 0 Å². The van der Waals surface area contributed by atoms with E-state index in [1.165, 1.54) is 347 Å². The van der Waals surface area contributed by atoms with Crippen LogP contribution in [-0.2, 0) is 0 Å². The van der Waals surface area contributed by atoms with Crippen LogP contribution in [0.3, 0.4) is 0 Å². The summed E-state index contributed by atoms with van der Waals surface area (Å²) in [6, 6.07) is 0. The quantitative estimate of drug-likeness (QED) is 0.0536. The molecule has 0 aromatic carbocycles. The van der Waals surface area contributed by atoms with E-state index in [1.807, 2.05) is 0 Å². The largest absolute Gasteiger partial charge is 0.0654 e. The Balaban J connectivity index is 3.07. The summed E-state index contributed by atoms with van der Waals surface area (Å²) in [7, 11) is 0. The van der Waals surface area contributed by atoms with Crippen molar-refractivity contribution in [3.05, 3.63) is 0 Å². The normalized spacial score (nSPS) is 12.0. The molecule has 0 nitrogen and oxygen atoms in total. The molecule has 0 bridgehead atoms. The molecule has 0 rings (SSSR count). The van der Waals surface area contributed by atoms with Crippen molar-refractivity contribution in [3.63, 3.8) is 0 Å². The molecule has 0 aliphatic rings. The first-order valence-electron chi connectivity index (χ1n) is 29.1. The molecule has 0 N–H and O–H groups in total. The average Bonchev–Trinajstić information content (AvgIpc) is 3.22. The highest BCUT2D eigenvalue weighted by molar-refractivity contribution is 4.61. The lowest BCUT2D eigenvalue weighted by molar-refractivity contribution is 0.356. The van der Waals surface area contributed by atoms with Gasteiger partial charge in [-0.05, 0) is 11.8 Å². The second kappa shape index (κ2) is 52.3. The number of hydrogen-bond acceptors (Lipinski definition) is 0. The van der Waals surface area contributed by atoms with E-state index in [0.717, 1.165) is 0 Å². The molecule has 0 radical (unpaired) electrons. The summed E-state index contributed by atoms with van der Waals surface area (Å²) in [5.74, 6) is 0. The Hall–Kier alpha value is 0. The average molecular weight is 830 g/mol. The first-order chi connectivity index (χ1) is 29.1. The van der Waals surface area contributed by atoms with E-state index in [-0.39, 0.29) is 0 Å². The molecule has 0 spiro atoms. The van der Waals surface area contributed by atoms with Crippen LogP contribution in [0.2, 0.25) is 0 Å². The van der Waals surface area contributed by atoms with Gasteiger partial charge in [-0.2, -0.15) is 0 Å². The van der Waals surface area contributed by atoms with Crippen LogP contribution >= 0.6 is 0 Å². The van der Waals surface area contributed by atoms with Gasteiger partial charge in [0.05, 0.1) is 0 Å². The highest BCUT2D eigenvalue weighted by Gasteiger charge is 2.08. The van der Waals surface area contributed by atoms with Crippen molar-refractivity contribution in [2.24, 2.45) is 5.41 Å². The maximum atomic E-state index is 2.38. The topological polar surface area (TPSA) is 0 Å². The fraction of sp³-hybridized carbons (Fsp3) is 1.00. The molecule has 0 unspecified atom stereocenters. The van der Waals surface area contributed by atoms with Crippen LogP contribution in [0.4, 0.5) is 0 Å². The van der Waals surface area contributed by atoms with Gasteiger partial charge < -0.3 is 0 Å². The van der Waals surface area contributed by atoms with Crippen molar-refractivity contribution in [2.75, 3.05) is 0 Å². The van der Waals surface area contributed by atoms with Gasteiger partial charge in [-0.15, -0.1) is 0 Å². The standard InChI is InChI=1S/C59H120/c1-5-6-7-8-9-10-11-12-13-14-15-16-17-18-19-20-21-22-23-24-25-26-27-28-29-30-31-32-33-34-35-36-37-38-39-40-41-42-43-44-45-46-47-48-49-50-51-52-53-54-55-56-57-58-59(2,3)4/h5-58H2,1-4H3. The molecule has 0 saturated carbocycles. The molecule has 0 heteroatoms. The lowest BCUT2D eigenvalue weighted by atomic mass is 9.89. The maximum Gasteiger partial charge on any atom is -0.0383 e. The highest BCUT2D eigenvalue weighted by atomic mass is 14.1. The zero-order valence-corrected chi connectivity index (χ0v) is 42.7. The minimum atomic E-state index is 0.531. The Kier molecular flexibility index (Phi) is 52.3. The Bertz CT molecular complexity index is 699. The van der Waals surface area contributed by atoms with E-state index < -0.39 is 0 Å². The van der Waals surface area contributed by atoms with E-state index in [0.29, 0.717) is 5.41 Å². The number of unbranched alkanes of at least 4 members (excludes halogenated alkanes) is 52. The summed E-state index contributed by atoms with van der Waals surface area (Å²) >= 11 is 0. The van der Waals surface area contributed by atoms with Gasteiger partial charge in [0.25, 0.3) is 0 Å². The Morgan fingerprint density at radius 1 is 0.153 bits per heavy atom. The van der Waals surface area contributed by atoms with Crippen molar-refractivity contribution in [1.29, 1.82) is 0 Å². The predicted octanol–water partition coefficient (Wildman–Crippen LogP) is 23.1. The Labute approximate surface area is 378 Å². The van der Waals surface area contributed by atoms with Crippen LogP contribution in [0.25, 0.3) is 0 Å². The van der Waals surface area contributed by atoms with Crippen molar-refractivity contribution in [1.82, 2.24) is 0 Å². The molecular weight excluding hydrogens is 709 g/mol. The van der Waals surface area contributed by atoms with Gasteiger partial charge in [0.1, 0.15) is 0 Å². The van der Waals surface area contributed by atoms with E-state index in [2.05, 4.69) is 27.7 Å². The third-order valence-electron chi connectivity index (χ3n) is 14.0. The summed E-state index contributed by atoms with van der Waals surface area (Å²) in [4.78, 5) is 0. The molecule has 0 heterocycles. The smallest absolute Gasteiger partial charge is 0.0383 e. The van der Waals surface area contributed by atoms with Crippen molar-refractivity contribution >= 4 is 0 Å². The van der Waals surface area contributed by atoms with Crippen LogP contribution in [0, 0.1) is 5.41 Å². The minimum Gasteiger partial charge on any atom is -0.0654 e. The number of rotatable bonds is 53. The van der Waals surface area contributed by atoms with Crippen molar-refractivity contribution < 1.29 is 0 Å². The second-order valence-corrected chi connectivity index (χ2v) is 21.7. The molecule has 0 aliphatic heterocycles. The van der Waals surface area contributed by atoms with Gasteiger partial charge in [0.15, 0.2) is 0 Å². The summed E-state index contributed by atoms with van der Waals surface area (Å²) in [6.07, 6.45) is 80.3. The third kappa shape index (κ3) is 58.0. The Morgan fingerprint density at radius 3 is 0.356 bits per heavy atom. The van der Waals surface area contributed by atoms with E-state index in [4.69, 9.17) is 0 Å². The molecule has 356 valence electrons. The summed E-state index contributed by atoms with van der Waals surface area (Å²) in [5, 5.41) is 0. The van der Waals surface area contributed by atoms with Crippen molar-refractivity contribution in [2.45, 2.75) is 374 Å². The van der Waals surface area contributed by atoms with E-state index >= 15 is 0 Å². The zero-order chi connectivity index (χ0) is 42.7. The highest BCUT2D eigenvalue weighted by Crippen LogP contribution is 2.23. The summed E-state index contributed by atoms with van der Waals surface area (Å²) < 4.78 is 0. The van der Waals surface area contributed by atoms with Crippen LogP contribution in [0.15, 0.2) is 0 Å². The molecule has 0 aromatic heterocycles. The Morgan fingerprint density at radius 2 is 0.254 bits per heavy atom. The van der Waals surface area contributed by atoms with Crippen molar-refractivity contribution in [3.8, 4) is 0 Å². The molecule has 0 aliphatic carbocycles. The van der Waals surface area contributed by atoms with Crippen LogP contribution in [0.5, 0.6) is 0 Å². The third-order valence-corrected chi connectivity index (χ3v) is 14.0. The van der Waals surface area contributed by atoms with Gasteiger partial charge in [0.2, 0.25) is 0 Å². The fourth-order valence-corrected chi connectivity index (χ4v) is 9.74. The van der Waals surface area contributed by atoms with Gasteiger partial charge in [-0.1, -0.05) is 368 Å².